The molecule has 184 valence electrons. The van der Waals surface area contributed by atoms with Crippen LogP contribution in [-0.4, -0.2) is 45.7 Å². The minimum Gasteiger partial charge on any atom is -0.481 e. The Balaban J connectivity index is 1.66. The molecular formula is C27H46O5. The normalized spacial score (nSPS) is 49.2. The van der Waals surface area contributed by atoms with Gasteiger partial charge in [-0.2, -0.15) is 0 Å². The van der Waals surface area contributed by atoms with E-state index in [1.165, 1.54) is 0 Å². The lowest BCUT2D eigenvalue weighted by molar-refractivity contribution is -0.222. The molecule has 0 spiro atoms. The van der Waals surface area contributed by atoms with Crippen molar-refractivity contribution in [1.29, 1.82) is 0 Å². The van der Waals surface area contributed by atoms with Gasteiger partial charge >= 0.3 is 5.97 Å². The molecular weight excluding hydrogens is 404 g/mol. The molecule has 4 rings (SSSR count). The van der Waals surface area contributed by atoms with E-state index in [1.807, 2.05) is 0 Å². The van der Waals surface area contributed by atoms with Crippen molar-refractivity contribution < 1.29 is 24.9 Å². The number of fused-ring (bicyclic) bond motifs is 5. The summed E-state index contributed by atoms with van der Waals surface area (Å²) in [6.45, 7) is 11.2. The molecule has 4 aliphatic carbocycles. The highest BCUT2D eigenvalue weighted by Crippen LogP contribution is 2.68. The number of hydrogen-bond acceptors (Lipinski definition) is 4. The van der Waals surface area contributed by atoms with E-state index >= 15 is 0 Å². The molecule has 0 radical (unpaired) electrons. The summed E-state index contributed by atoms with van der Waals surface area (Å²) in [5.74, 6) is 1.69. The van der Waals surface area contributed by atoms with Crippen molar-refractivity contribution in [3.05, 3.63) is 0 Å². The van der Waals surface area contributed by atoms with E-state index in [-0.39, 0.29) is 41.7 Å². The van der Waals surface area contributed by atoms with Crippen molar-refractivity contribution in [3.8, 4) is 0 Å². The molecule has 0 aromatic rings. The van der Waals surface area contributed by atoms with Gasteiger partial charge in [0, 0.05) is 6.42 Å². The molecule has 3 N–H and O–H groups in total. The van der Waals surface area contributed by atoms with Gasteiger partial charge in [-0.1, -0.05) is 20.8 Å². The summed E-state index contributed by atoms with van der Waals surface area (Å²) >= 11 is 0. The average Bonchev–Trinajstić information content (AvgIpc) is 3.06. The summed E-state index contributed by atoms with van der Waals surface area (Å²) in [7, 11) is 0. The van der Waals surface area contributed by atoms with Gasteiger partial charge in [0.05, 0.1) is 24.4 Å². The van der Waals surface area contributed by atoms with Gasteiger partial charge in [0.25, 0.3) is 0 Å². The van der Waals surface area contributed by atoms with E-state index in [4.69, 9.17) is 4.74 Å². The quantitative estimate of drug-likeness (QED) is 0.537. The van der Waals surface area contributed by atoms with E-state index < -0.39 is 5.97 Å². The minimum atomic E-state index is -0.725. The van der Waals surface area contributed by atoms with Crippen LogP contribution in [-0.2, 0) is 9.53 Å². The van der Waals surface area contributed by atoms with Gasteiger partial charge in [0.15, 0.2) is 0 Å². The summed E-state index contributed by atoms with van der Waals surface area (Å²) in [5.41, 5.74) is -0.00882. The van der Waals surface area contributed by atoms with Crippen LogP contribution >= 0.6 is 0 Å². The van der Waals surface area contributed by atoms with E-state index in [0.29, 0.717) is 41.9 Å². The van der Waals surface area contributed by atoms with Crippen molar-refractivity contribution in [2.24, 2.45) is 46.3 Å². The lowest BCUT2D eigenvalue weighted by Gasteiger charge is -2.64. The number of carboxylic acid groups (broad SMARTS) is 1. The Morgan fingerprint density at radius 3 is 2.41 bits per heavy atom. The molecule has 0 amide bonds. The molecule has 11 atom stereocenters. The Kier molecular flexibility index (Phi) is 6.77. The fourth-order valence-electron chi connectivity index (χ4n) is 9.15. The predicted octanol–water partition coefficient (Wildman–Crippen LogP) is 4.88. The summed E-state index contributed by atoms with van der Waals surface area (Å²) in [6, 6.07) is 0. The van der Waals surface area contributed by atoms with Gasteiger partial charge in [-0.3, -0.25) is 4.79 Å². The SMILES string of the molecule is CC(C)OC1CC2CC(O)CCC2(C)C2CC(O)C3(C)C(C(C)CCC(=O)O)CCC3C12. The van der Waals surface area contributed by atoms with E-state index in [1.54, 1.807) is 0 Å². The molecule has 4 fully saturated rings. The third-order valence-electron chi connectivity index (χ3n) is 10.8. The topological polar surface area (TPSA) is 87.0 Å². The molecule has 11 unspecified atom stereocenters. The molecule has 0 heterocycles. The third kappa shape index (κ3) is 3.94. The highest BCUT2D eigenvalue weighted by Gasteiger charge is 2.66. The van der Waals surface area contributed by atoms with Crippen LogP contribution in [0.1, 0.15) is 92.4 Å². The fourth-order valence-corrected chi connectivity index (χ4v) is 9.15. The largest absolute Gasteiger partial charge is 0.481 e. The maximum atomic E-state index is 11.7. The van der Waals surface area contributed by atoms with Crippen molar-refractivity contribution in [2.75, 3.05) is 0 Å². The molecule has 0 aromatic heterocycles. The Bertz CT molecular complexity index is 694. The number of carbonyl (C=O) groups is 1. The van der Waals surface area contributed by atoms with E-state index in [2.05, 4.69) is 34.6 Å². The predicted molar refractivity (Wildman–Crippen MR) is 124 cm³/mol. The number of aliphatic carboxylic acids is 1. The molecule has 32 heavy (non-hydrogen) atoms. The van der Waals surface area contributed by atoms with Crippen molar-refractivity contribution in [3.63, 3.8) is 0 Å². The van der Waals surface area contributed by atoms with Crippen LogP contribution in [0.2, 0.25) is 0 Å². The molecule has 5 heteroatoms. The monoisotopic (exact) mass is 450 g/mol. The number of ether oxygens (including phenoxy) is 1. The van der Waals surface area contributed by atoms with Crippen LogP contribution in [0.5, 0.6) is 0 Å². The second-order valence-corrected chi connectivity index (χ2v) is 12.6. The fraction of sp³-hybridized carbons (Fsp3) is 0.963. The number of rotatable bonds is 6. The lowest BCUT2D eigenvalue weighted by atomic mass is 9.43. The molecule has 0 aromatic carbocycles. The zero-order valence-electron chi connectivity index (χ0n) is 20.8. The Morgan fingerprint density at radius 2 is 1.75 bits per heavy atom. The van der Waals surface area contributed by atoms with Gasteiger partial charge in [-0.25, -0.2) is 0 Å². The van der Waals surface area contributed by atoms with Crippen LogP contribution in [0.15, 0.2) is 0 Å². The van der Waals surface area contributed by atoms with Gasteiger partial charge in [-0.05, 0) is 112 Å². The second kappa shape index (κ2) is 8.85. The van der Waals surface area contributed by atoms with Gasteiger partial charge in [0.1, 0.15) is 0 Å². The van der Waals surface area contributed by atoms with Gasteiger partial charge in [-0.15, -0.1) is 0 Å². The Morgan fingerprint density at radius 1 is 1.03 bits per heavy atom. The first-order valence-electron chi connectivity index (χ1n) is 13.2. The number of carboxylic acids is 1. The van der Waals surface area contributed by atoms with Crippen LogP contribution in [0.3, 0.4) is 0 Å². The zero-order chi connectivity index (χ0) is 23.4. The molecule has 4 aliphatic rings. The maximum Gasteiger partial charge on any atom is 0.303 e. The highest BCUT2D eigenvalue weighted by atomic mass is 16.5. The first-order valence-corrected chi connectivity index (χ1v) is 13.2. The van der Waals surface area contributed by atoms with Crippen molar-refractivity contribution in [1.82, 2.24) is 0 Å². The maximum absolute atomic E-state index is 11.7. The molecule has 0 saturated heterocycles. The highest BCUT2D eigenvalue weighted by molar-refractivity contribution is 5.66. The zero-order valence-corrected chi connectivity index (χ0v) is 20.8. The number of aliphatic hydroxyl groups is 2. The molecule has 0 aliphatic heterocycles. The summed E-state index contributed by atoms with van der Waals surface area (Å²) in [6.07, 6.45) is 7.52. The molecule has 4 saturated carbocycles. The van der Waals surface area contributed by atoms with E-state index in [0.717, 1.165) is 44.9 Å². The molecule has 0 bridgehead atoms. The number of aliphatic hydroxyl groups excluding tert-OH is 2. The first kappa shape index (κ1) is 24.5. The number of hydrogen-bond donors (Lipinski definition) is 3. The lowest BCUT2D eigenvalue weighted by Crippen LogP contribution is -2.63. The third-order valence-corrected chi connectivity index (χ3v) is 10.8. The minimum absolute atomic E-state index is 0.163. The Labute approximate surface area is 194 Å². The van der Waals surface area contributed by atoms with Gasteiger partial charge in [0.2, 0.25) is 0 Å². The first-order chi connectivity index (χ1) is 15.0. The summed E-state index contributed by atoms with van der Waals surface area (Å²) < 4.78 is 6.61. The summed E-state index contributed by atoms with van der Waals surface area (Å²) in [5, 5.41) is 31.3. The smallest absolute Gasteiger partial charge is 0.303 e. The standard InChI is InChI=1S/C27H46O5/c1-15(2)32-22-13-17-12-18(28)10-11-26(17,4)21-14-23(29)27(5)19(7-8-20(27)25(21)22)16(3)6-9-24(30)31/h15-23,25,28-29H,6-14H2,1-5H3,(H,30,31). The van der Waals surface area contributed by atoms with Crippen LogP contribution in [0.25, 0.3) is 0 Å². The van der Waals surface area contributed by atoms with Crippen LogP contribution < -0.4 is 0 Å². The van der Waals surface area contributed by atoms with Crippen molar-refractivity contribution in [2.45, 2.75) is 117 Å². The van der Waals surface area contributed by atoms with Crippen molar-refractivity contribution >= 4 is 5.97 Å². The second-order valence-electron chi connectivity index (χ2n) is 12.6. The average molecular weight is 451 g/mol. The van der Waals surface area contributed by atoms with Crippen LogP contribution in [0.4, 0.5) is 0 Å². The Hall–Kier alpha value is -0.650. The van der Waals surface area contributed by atoms with Crippen LogP contribution in [0, 0.1) is 46.3 Å². The molecule has 5 nitrogen and oxygen atoms in total. The summed E-state index contributed by atoms with van der Waals surface area (Å²) in [4.78, 5) is 11.2. The van der Waals surface area contributed by atoms with E-state index in [9.17, 15) is 20.1 Å². The van der Waals surface area contributed by atoms with Gasteiger partial charge < -0.3 is 20.1 Å².